The van der Waals surface area contributed by atoms with Gasteiger partial charge in [0.05, 0.1) is 24.6 Å². The molecule has 0 saturated carbocycles. The second kappa shape index (κ2) is 6.74. The Labute approximate surface area is 117 Å². The van der Waals surface area contributed by atoms with Crippen molar-refractivity contribution in [1.82, 2.24) is 10.3 Å². The number of nitrogens with two attached hydrogens (primary N) is 1. The van der Waals surface area contributed by atoms with Crippen LogP contribution in [-0.2, 0) is 9.53 Å². The number of anilines is 2. The number of nitrogens with one attached hydrogen (secondary N) is 2. The molecule has 0 spiro atoms. The lowest BCUT2D eigenvalue weighted by Gasteiger charge is -2.17. The maximum atomic E-state index is 11.8. The van der Waals surface area contributed by atoms with E-state index in [1.54, 1.807) is 6.92 Å². The predicted molar refractivity (Wildman–Crippen MR) is 76.4 cm³/mol. The summed E-state index contributed by atoms with van der Waals surface area (Å²) in [5.74, 6) is -0.323. The van der Waals surface area contributed by atoms with Gasteiger partial charge in [0.2, 0.25) is 5.91 Å². The number of rotatable bonds is 5. The lowest BCUT2D eigenvalue weighted by molar-refractivity contribution is -0.122. The highest BCUT2D eigenvalue weighted by atomic mass is 16.5. The summed E-state index contributed by atoms with van der Waals surface area (Å²) in [6.45, 7) is 5.45. The van der Waals surface area contributed by atoms with E-state index in [4.69, 9.17) is 5.73 Å². The summed E-state index contributed by atoms with van der Waals surface area (Å²) in [7, 11) is 1.27. The van der Waals surface area contributed by atoms with Gasteiger partial charge in [-0.25, -0.2) is 9.78 Å². The quantitative estimate of drug-likeness (QED) is 0.688. The molecule has 0 aliphatic rings. The molecule has 0 aliphatic heterocycles. The van der Waals surface area contributed by atoms with E-state index in [9.17, 15) is 9.59 Å². The van der Waals surface area contributed by atoms with Crippen LogP contribution in [0.3, 0.4) is 0 Å². The Morgan fingerprint density at radius 2 is 2.00 bits per heavy atom. The largest absolute Gasteiger partial charge is 0.465 e. The summed E-state index contributed by atoms with van der Waals surface area (Å²) in [5.41, 5.74) is 6.09. The number of hydrogen-bond donors (Lipinski definition) is 3. The molecule has 1 aromatic heterocycles. The van der Waals surface area contributed by atoms with Crippen LogP contribution in [0.25, 0.3) is 0 Å². The Bertz CT molecular complexity index is 502. The number of aromatic nitrogens is 1. The number of amides is 1. The zero-order valence-corrected chi connectivity index (χ0v) is 12.1. The van der Waals surface area contributed by atoms with Crippen LogP contribution in [0, 0.1) is 0 Å². The molecule has 7 nitrogen and oxygen atoms in total. The number of pyridine rings is 1. The lowest BCUT2D eigenvalue weighted by atomic mass is 10.2. The van der Waals surface area contributed by atoms with Crippen molar-refractivity contribution in [3.05, 3.63) is 17.8 Å². The highest BCUT2D eigenvalue weighted by Gasteiger charge is 2.16. The molecular formula is C13H20N4O3. The molecule has 0 radical (unpaired) electrons. The maximum Gasteiger partial charge on any atom is 0.340 e. The van der Waals surface area contributed by atoms with E-state index in [0.29, 0.717) is 5.82 Å². The van der Waals surface area contributed by atoms with Crippen molar-refractivity contribution >= 4 is 23.4 Å². The van der Waals surface area contributed by atoms with E-state index in [0.717, 1.165) is 0 Å². The molecule has 1 rings (SSSR count). The Kier molecular flexibility index (Phi) is 5.31. The summed E-state index contributed by atoms with van der Waals surface area (Å²) in [6.07, 6.45) is 1.35. The minimum absolute atomic E-state index is 0.0526. The topological polar surface area (TPSA) is 106 Å². The van der Waals surface area contributed by atoms with Crippen molar-refractivity contribution in [2.24, 2.45) is 0 Å². The summed E-state index contributed by atoms with van der Waals surface area (Å²) in [5, 5.41) is 5.68. The molecule has 1 atom stereocenters. The average Bonchev–Trinajstić information content (AvgIpc) is 2.39. The smallest absolute Gasteiger partial charge is 0.340 e. The minimum atomic E-state index is -0.549. The Hall–Kier alpha value is -2.31. The molecule has 4 N–H and O–H groups in total. The fourth-order valence-electron chi connectivity index (χ4n) is 1.53. The fraction of sp³-hybridized carbons (Fsp3) is 0.462. The normalized spacial score (nSPS) is 11.8. The van der Waals surface area contributed by atoms with E-state index < -0.39 is 12.0 Å². The van der Waals surface area contributed by atoms with Crippen LogP contribution in [0.1, 0.15) is 31.1 Å². The number of esters is 1. The summed E-state index contributed by atoms with van der Waals surface area (Å²) in [6, 6.07) is 1.02. The fourth-order valence-corrected chi connectivity index (χ4v) is 1.53. The first-order valence-corrected chi connectivity index (χ1v) is 6.26. The summed E-state index contributed by atoms with van der Waals surface area (Å²) >= 11 is 0. The van der Waals surface area contributed by atoms with E-state index in [2.05, 4.69) is 20.4 Å². The number of nitrogen functional groups attached to an aromatic ring is 1. The van der Waals surface area contributed by atoms with E-state index in [1.165, 1.54) is 19.4 Å². The standard InChI is InChI=1S/C13H20N4O3/c1-7(2)16-12(18)8(3)17-11-5-9(13(19)20-4)10(14)6-15-11/h5-8H,14H2,1-4H3,(H,15,17)(H,16,18). The first-order chi connectivity index (χ1) is 9.35. The predicted octanol–water partition coefficient (Wildman–Crippen LogP) is 0.775. The molecular weight excluding hydrogens is 260 g/mol. The number of hydrogen-bond acceptors (Lipinski definition) is 6. The molecule has 20 heavy (non-hydrogen) atoms. The molecule has 1 unspecified atom stereocenters. The minimum Gasteiger partial charge on any atom is -0.465 e. The molecule has 1 heterocycles. The molecule has 0 saturated heterocycles. The highest BCUT2D eigenvalue weighted by Crippen LogP contribution is 2.16. The first-order valence-electron chi connectivity index (χ1n) is 6.26. The number of carbonyl (C=O) groups is 2. The van der Waals surface area contributed by atoms with Gasteiger partial charge in [0.1, 0.15) is 11.9 Å². The highest BCUT2D eigenvalue weighted by molar-refractivity contribution is 5.95. The van der Waals surface area contributed by atoms with Crippen molar-refractivity contribution in [3.63, 3.8) is 0 Å². The van der Waals surface area contributed by atoms with Gasteiger partial charge in [-0.05, 0) is 26.8 Å². The van der Waals surface area contributed by atoms with Gasteiger partial charge < -0.3 is 21.1 Å². The third kappa shape index (κ3) is 4.11. The number of ether oxygens (including phenoxy) is 1. The Morgan fingerprint density at radius 1 is 1.35 bits per heavy atom. The van der Waals surface area contributed by atoms with Crippen LogP contribution >= 0.6 is 0 Å². The third-order valence-corrected chi connectivity index (χ3v) is 2.53. The second-order valence-electron chi connectivity index (χ2n) is 4.68. The Balaban J connectivity index is 2.83. The van der Waals surface area contributed by atoms with Crippen molar-refractivity contribution < 1.29 is 14.3 Å². The van der Waals surface area contributed by atoms with E-state index >= 15 is 0 Å². The van der Waals surface area contributed by atoms with Gasteiger partial charge in [0.25, 0.3) is 0 Å². The summed E-state index contributed by atoms with van der Waals surface area (Å²) in [4.78, 5) is 27.3. The second-order valence-corrected chi connectivity index (χ2v) is 4.68. The van der Waals surface area contributed by atoms with Crippen LogP contribution in [-0.4, -0.2) is 36.1 Å². The van der Waals surface area contributed by atoms with E-state index in [1.807, 2.05) is 13.8 Å². The van der Waals surface area contributed by atoms with Gasteiger partial charge in [-0.3, -0.25) is 4.79 Å². The lowest BCUT2D eigenvalue weighted by Crippen LogP contribution is -2.41. The van der Waals surface area contributed by atoms with Gasteiger partial charge in [-0.2, -0.15) is 0 Å². The van der Waals surface area contributed by atoms with Gasteiger partial charge in [0, 0.05) is 6.04 Å². The molecule has 0 fully saturated rings. The SMILES string of the molecule is COC(=O)c1cc(NC(C)C(=O)NC(C)C)ncc1N. The van der Waals surface area contributed by atoms with Gasteiger partial charge in [-0.1, -0.05) is 0 Å². The molecule has 110 valence electrons. The van der Waals surface area contributed by atoms with Crippen molar-refractivity contribution in [2.75, 3.05) is 18.2 Å². The van der Waals surface area contributed by atoms with Crippen LogP contribution < -0.4 is 16.4 Å². The third-order valence-electron chi connectivity index (χ3n) is 2.53. The van der Waals surface area contributed by atoms with Crippen LogP contribution in [0.5, 0.6) is 0 Å². The Morgan fingerprint density at radius 3 is 2.55 bits per heavy atom. The van der Waals surface area contributed by atoms with Gasteiger partial charge in [-0.15, -0.1) is 0 Å². The zero-order valence-electron chi connectivity index (χ0n) is 12.1. The molecule has 1 aromatic rings. The maximum absolute atomic E-state index is 11.8. The summed E-state index contributed by atoms with van der Waals surface area (Å²) < 4.78 is 4.62. The van der Waals surface area contributed by atoms with Crippen LogP contribution in [0.15, 0.2) is 12.3 Å². The molecule has 0 aliphatic carbocycles. The molecule has 0 bridgehead atoms. The molecule has 1 amide bonds. The van der Waals surface area contributed by atoms with E-state index in [-0.39, 0.29) is 23.2 Å². The first kappa shape index (κ1) is 15.7. The zero-order chi connectivity index (χ0) is 15.3. The van der Waals surface area contributed by atoms with Gasteiger partial charge in [0.15, 0.2) is 0 Å². The van der Waals surface area contributed by atoms with Crippen molar-refractivity contribution in [3.8, 4) is 0 Å². The molecule has 7 heteroatoms. The van der Waals surface area contributed by atoms with Crippen molar-refractivity contribution in [2.45, 2.75) is 32.9 Å². The molecule has 0 aromatic carbocycles. The monoisotopic (exact) mass is 280 g/mol. The average molecular weight is 280 g/mol. The van der Waals surface area contributed by atoms with Crippen molar-refractivity contribution in [1.29, 1.82) is 0 Å². The van der Waals surface area contributed by atoms with Gasteiger partial charge >= 0.3 is 5.97 Å². The van der Waals surface area contributed by atoms with Crippen LogP contribution in [0.4, 0.5) is 11.5 Å². The number of nitrogens with zero attached hydrogens (tertiary/aromatic N) is 1. The number of methoxy groups -OCH3 is 1. The van der Waals surface area contributed by atoms with Crippen LogP contribution in [0.2, 0.25) is 0 Å². The number of carbonyl (C=O) groups excluding carboxylic acids is 2.